The number of allylic oxidation sites excluding steroid dienone is 1. The van der Waals surface area contributed by atoms with E-state index in [4.69, 9.17) is 4.74 Å². The van der Waals surface area contributed by atoms with E-state index in [-0.39, 0.29) is 17.6 Å². The minimum absolute atomic E-state index is 0.0149. The monoisotopic (exact) mass is 334 g/mol. The molecule has 0 bridgehead atoms. The zero-order valence-corrected chi connectivity index (χ0v) is 15.6. The van der Waals surface area contributed by atoms with E-state index in [2.05, 4.69) is 23.3 Å². The van der Waals surface area contributed by atoms with Gasteiger partial charge in [-0.15, -0.1) is 0 Å². The maximum Gasteiger partial charge on any atom is 0.216 e. The predicted octanol–water partition coefficient (Wildman–Crippen LogP) is 2.86. The van der Waals surface area contributed by atoms with Gasteiger partial charge in [0, 0.05) is 20.6 Å². The third-order valence-electron chi connectivity index (χ3n) is 3.54. The number of carbonyl (C=O) groups is 2. The van der Waals surface area contributed by atoms with Crippen molar-refractivity contribution >= 4 is 17.9 Å². The Hall–Kier alpha value is -2.14. The number of methoxy groups -OCH3 is 1. The highest BCUT2D eigenvalue weighted by Gasteiger charge is 2.19. The molecule has 0 saturated carbocycles. The number of amides is 2. The van der Waals surface area contributed by atoms with Crippen molar-refractivity contribution < 1.29 is 14.3 Å². The number of nitrogens with one attached hydrogen (secondary N) is 2. The van der Waals surface area contributed by atoms with E-state index >= 15 is 0 Å². The van der Waals surface area contributed by atoms with Crippen LogP contribution in [0.4, 0.5) is 0 Å². The molecule has 0 heterocycles. The highest BCUT2D eigenvalue weighted by atomic mass is 16.5. The molecule has 0 aliphatic carbocycles. The van der Waals surface area contributed by atoms with Crippen molar-refractivity contribution in [1.29, 1.82) is 0 Å². The minimum Gasteiger partial charge on any atom is -0.380 e. The average Bonchev–Trinajstić information content (AvgIpc) is 2.53. The predicted molar refractivity (Wildman–Crippen MR) is 98.5 cm³/mol. The molecule has 0 spiro atoms. The summed E-state index contributed by atoms with van der Waals surface area (Å²) in [6.07, 6.45) is 0.835. The molecule has 2 amide bonds. The number of carbonyl (C=O) groups excluding carboxylic acids is 2. The van der Waals surface area contributed by atoms with E-state index in [1.54, 1.807) is 7.11 Å². The lowest BCUT2D eigenvalue weighted by atomic mass is 9.92. The van der Waals surface area contributed by atoms with E-state index in [1.807, 2.05) is 45.9 Å². The van der Waals surface area contributed by atoms with Crippen LogP contribution in [-0.2, 0) is 19.9 Å². The highest BCUT2D eigenvalue weighted by molar-refractivity contribution is 5.72. The first-order valence-corrected chi connectivity index (χ1v) is 7.89. The average molecular weight is 334 g/mol. The van der Waals surface area contributed by atoms with Crippen molar-refractivity contribution in [3.63, 3.8) is 0 Å². The maximum atomic E-state index is 10.5. The fraction of sp³-hybridized carbons (Fsp3) is 0.474. The van der Waals surface area contributed by atoms with Crippen molar-refractivity contribution in [3.8, 4) is 0 Å². The van der Waals surface area contributed by atoms with Crippen molar-refractivity contribution in [2.75, 3.05) is 13.7 Å². The van der Waals surface area contributed by atoms with Crippen LogP contribution in [0.25, 0.3) is 5.57 Å². The molecule has 0 aliphatic rings. The molecule has 5 nitrogen and oxygen atoms in total. The summed E-state index contributed by atoms with van der Waals surface area (Å²) in [6, 6.07) is 8.05. The second kappa shape index (κ2) is 10.6. The summed E-state index contributed by atoms with van der Waals surface area (Å²) < 4.78 is 4.89. The molecule has 2 N–H and O–H groups in total. The Morgan fingerprint density at radius 3 is 2.46 bits per heavy atom. The van der Waals surface area contributed by atoms with E-state index < -0.39 is 0 Å². The first kappa shape index (κ1) is 21.9. The normalized spacial score (nSPS) is 11.6. The highest BCUT2D eigenvalue weighted by Crippen LogP contribution is 2.22. The first-order valence-electron chi connectivity index (χ1n) is 7.89. The second-order valence-corrected chi connectivity index (χ2v) is 6.23. The van der Waals surface area contributed by atoms with Gasteiger partial charge in [0.25, 0.3) is 0 Å². The molecule has 134 valence electrons. The standard InChI is InChI=1S/C13H17NO.C6H13NO2/c1-10(2)11-6-5-7-12(8-11)13(3,4)14-9-15;1-5(9-3)4-7-6(2)8/h5-9H,1H2,2-4H3,(H,14,15);5H,4H2,1-3H3,(H,7,8). The Balaban J connectivity index is 0.000000506. The van der Waals surface area contributed by atoms with Gasteiger partial charge in [0.05, 0.1) is 11.6 Å². The Morgan fingerprint density at radius 2 is 2.00 bits per heavy atom. The van der Waals surface area contributed by atoms with Crippen molar-refractivity contribution in [3.05, 3.63) is 42.0 Å². The lowest BCUT2D eigenvalue weighted by Gasteiger charge is -2.25. The molecule has 0 fully saturated rings. The van der Waals surface area contributed by atoms with Gasteiger partial charge < -0.3 is 15.4 Å². The third kappa shape index (κ3) is 8.48. The summed E-state index contributed by atoms with van der Waals surface area (Å²) in [5.41, 5.74) is 2.87. The van der Waals surface area contributed by atoms with Crippen LogP contribution in [0.15, 0.2) is 30.8 Å². The molecule has 1 unspecified atom stereocenters. The molecule has 1 atom stereocenters. The van der Waals surface area contributed by atoms with Crippen LogP contribution in [0.2, 0.25) is 0 Å². The van der Waals surface area contributed by atoms with Crippen molar-refractivity contribution in [2.24, 2.45) is 0 Å². The van der Waals surface area contributed by atoms with Crippen molar-refractivity contribution in [1.82, 2.24) is 10.6 Å². The Kier molecular flexibility index (Phi) is 9.65. The van der Waals surface area contributed by atoms with Gasteiger partial charge in [-0.3, -0.25) is 9.59 Å². The summed E-state index contributed by atoms with van der Waals surface area (Å²) in [6.45, 7) is 13.8. The SMILES string of the molecule is C=C(C)c1cccc(C(C)(C)NC=O)c1.COC(C)CNC(C)=O. The maximum absolute atomic E-state index is 10.5. The van der Waals surface area contributed by atoms with Crippen LogP contribution in [0.5, 0.6) is 0 Å². The molecule has 0 aromatic heterocycles. The lowest BCUT2D eigenvalue weighted by molar-refractivity contribution is -0.119. The zero-order valence-electron chi connectivity index (χ0n) is 15.6. The summed E-state index contributed by atoms with van der Waals surface area (Å²) in [5.74, 6) is -0.0149. The molecule has 1 aromatic carbocycles. The number of benzene rings is 1. The quantitative estimate of drug-likeness (QED) is 0.754. The van der Waals surface area contributed by atoms with E-state index in [1.165, 1.54) is 6.92 Å². The van der Waals surface area contributed by atoms with Crippen molar-refractivity contribution in [2.45, 2.75) is 46.3 Å². The van der Waals surface area contributed by atoms with Crippen LogP contribution < -0.4 is 10.6 Å². The first-order chi connectivity index (χ1) is 11.1. The molecule has 24 heavy (non-hydrogen) atoms. The summed E-state index contributed by atoms with van der Waals surface area (Å²) in [4.78, 5) is 20.8. The molecule has 0 radical (unpaired) electrons. The van der Waals surface area contributed by atoms with Crippen LogP contribution >= 0.6 is 0 Å². The Labute approximate surface area is 145 Å². The molecule has 1 aromatic rings. The zero-order chi connectivity index (χ0) is 18.8. The van der Waals surface area contributed by atoms with Gasteiger partial charge in [0.1, 0.15) is 0 Å². The lowest BCUT2D eigenvalue weighted by Crippen LogP contribution is -2.35. The number of rotatable bonds is 7. The molecule has 0 saturated heterocycles. The van der Waals surface area contributed by atoms with Gasteiger partial charge in [-0.25, -0.2) is 0 Å². The minimum atomic E-state index is -0.340. The number of hydrogen-bond acceptors (Lipinski definition) is 3. The molecular formula is C19H30N2O3. The molecular weight excluding hydrogens is 304 g/mol. The Morgan fingerprint density at radius 1 is 1.38 bits per heavy atom. The van der Waals surface area contributed by atoms with Gasteiger partial charge in [-0.2, -0.15) is 0 Å². The fourth-order valence-electron chi connectivity index (χ4n) is 1.77. The molecule has 5 heteroatoms. The van der Waals surface area contributed by atoms with E-state index in [0.29, 0.717) is 6.54 Å². The number of hydrogen-bond donors (Lipinski definition) is 2. The largest absolute Gasteiger partial charge is 0.380 e. The topological polar surface area (TPSA) is 67.4 Å². The smallest absolute Gasteiger partial charge is 0.216 e. The van der Waals surface area contributed by atoms with Crippen LogP contribution in [0.1, 0.15) is 45.7 Å². The summed E-state index contributed by atoms with van der Waals surface area (Å²) >= 11 is 0. The van der Waals surface area contributed by atoms with Gasteiger partial charge in [-0.05, 0) is 44.9 Å². The third-order valence-corrected chi connectivity index (χ3v) is 3.54. The molecule has 0 aliphatic heterocycles. The number of ether oxygens (including phenoxy) is 1. The van der Waals surface area contributed by atoms with Gasteiger partial charge >= 0.3 is 0 Å². The van der Waals surface area contributed by atoms with E-state index in [9.17, 15) is 9.59 Å². The van der Waals surface area contributed by atoms with Crippen LogP contribution in [-0.4, -0.2) is 32.1 Å². The van der Waals surface area contributed by atoms with Gasteiger partial charge in [0.2, 0.25) is 12.3 Å². The van der Waals surface area contributed by atoms with E-state index in [0.717, 1.165) is 23.1 Å². The Bertz CT molecular complexity index is 553. The summed E-state index contributed by atoms with van der Waals surface area (Å²) in [7, 11) is 1.62. The van der Waals surface area contributed by atoms with Crippen LogP contribution in [0.3, 0.4) is 0 Å². The van der Waals surface area contributed by atoms with Gasteiger partial charge in [0.15, 0.2) is 0 Å². The molecule has 1 rings (SSSR count). The summed E-state index contributed by atoms with van der Waals surface area (Å²) in [5, 5.41) is 5.43. The fourth-order valence-corrected chi connectivity index (χ4v) is 1.77. The van der Waals surface area contributed by atoms with Crippen LogP contribution in [0, 0.1) is 0 Å². The van der Waals surface area contributed by atoms with Gasteiger partial charge in [-0.1, -0.05) is 30.4 Å². The second-order valence-electron chi connectivity index (χ2n) is 6.23.